The second kappa shape index (κ2) is 6.05. The first-order valence-electron chi connectivity index (χ1n) is 6.77. The fraction of sp³-hybridized carbons (Fsp3) is 0.600. The number of halogens is 1. The van der Waals surface area contributed by atoms with Crippen LogP contribution in [0.1, 0.15) is 24.5 Å². The van der Waals surface area contributed by atoms with Crippen LogP contribution in [-0.4, -0.2) is 24.5 Å². The van der Waals surface area contributed by atoms with Crippen molar-refractivity contribution in [3.8, 4) is 0 Å². The van der Waals surface area contributed by atoms with Crippen molar-refractivity contribution in [2.75, 3.05) is 19.6 Å². The standard InChI is InChI=1S/C15H23ClN2/c1-11-5-6-18(10-14(11)8-17)9-13-3-4-15(16)7-12(13)2/h3-4,7,11,14H,5-6,8-10,17H2,1-2H3. The number of aryl methyl sites for hydroxylation is 1. The zero-order valence-electron chi connectivity index (χ0n) is 11.3. The van der Waals surface area contributed by atoms with Crippen LogP contribution >= 0.6 is 11.6 Å². The minimum Gasteiger partial charge on any atom is -0.330 e. The third kappa shape index (κ3) is 3.25. The molecule has 0 bridgehead atoms. The van der Waals surface area contributed by atoms with E-state index in [9.17, 15) is 0 Å². The molecule has 0 amide bonds. The van der Waals surface area contributed by atoms with Crippen molar-refractivity contribution in [3.63, 3.8) is 0 Å². The minimum atomic E-state index is 0.645. The highest BCUT2D eigenvalue weighted by molar-refractivity contribution is 6.30. The summed E-state index contributed by atoms with van der Waals surface area (Å²) in [5.41, 5.74) is 8.52. The van der Waals surface area contributed by atoms with Crippen LogP contribution in [-0.2, 0) is 6.54 Å². The summed E-state index contributed by atoms with van der Waals surface area (Å²) in [5, 5.41) is 0.823. The van der Waals surface area contributed by atoms with Crippen LogP contribution in [0.2, 0.25) is 5.02 Å². The van der Waals surface area contributed by atoms with Gasteiger partial charge in [-0.2, -0.15) is 0 Å². The van der Waals surface area contributed by atoms with Crippen molar-refractivity contribution in [2.45, 2.75) is 26.8 Å². The fourth-order valence-corrected chi connectivity index (χ4v) is 2.98. The monoisotopic (exact) mass is 266 g/mol. The predicted octanol–water partition coefficient (Wildman–Crippen LogP) is 3.07. The van der Waals surface area contributed by atoms with Crippen LogP contribution in [0.3, 0.4) is 0 Å². The SMILES string of the molecule is Cc1cc(Cl)ccc1CN1CCC(C)C(CN)C1. The summed E-state index contributed by atoms with van der Waals surface area (Å²) in [6.45, 7) is 8.58. The Morgan fingerprint density at radius 1 is 1.44 bits per heavy atom. The molecule has 0 radical (unpaired) electrons. The molecule has 1 aromatic carbocycles. The average molecular weight is 267 g/mol. The van der Waals surface area contributed by atoms with Gasteiger partial charge in [-0.3, -0.25) is 4.90 Å². The molecule has 1 aliphatic heterocycles. The van der Waals surface area contributed by atoms with Crippen molar-refractivity contribution in [1.29, 1.82) is 0 Å². The summed E-state index contributed by atoms with van der Waals surface area (Å²) in [5.74, 6) is 1.41. The number of nitrogens with zero attached hydrogens (tertiary/aromatic N) is 1. The maximum Gasteiger partial charge on any atom is 0.0408 e. The summed E-state index contributed by atoms with van der Waals surface area (Å²) in [4.78, 5) is 2.52. The van der Waals surface area contributed by atoms with Crippen molar-refractivity contribution < 1.29 is 0 Å². The first-order chi connectivity index (χ1) is 8.60. The third-order valence-electron chi connectivity index (χ3n) is 4.20. The second-order valence-corrected chi connectivity index (χ2v) is 6.00. The van der Waals surface area contributed by atoms with Gasteiger partial charge >= 0.3 is 0 Å². The molecule has 1 heterocycles. The van der Waals surface area contributed by atoms with Gasteiger partial charge in [-0.15, -0.1) is 0 Å². The number of hydrogen-bond acceptors (Lipinski definition) is 2. The number of likely N-dealkylation sites (tertiary alicyclic amines) is 1. The average Bonchev–Trinajstić information content (AvgIpc) is 2.35. The first-order valence-corrected chi connectivity index (χ1v) is 7.15. The Morgan fingerprint density at radius 3 is 2.89 bits per heavy atom. The number of benzene rings is 1. The van der Waals surface area contributed by atoms with Gasteiger partial charge in [0.05, 0.1) is 0 Å². The Morgan fingerprint density at radius 2 is 2.22 bits per heavy atom. The largest absolute Gasteiger partial charge is 0.330 e. The van der Waals surface area contributed by atoms with Gasteiger partial charge in [-0.25, -0.2) is 0 Å². The Kier molecular flexibility index (Phi) is 4.66. The topological polar surface area (TPSA) is 29.3 Å². The van der Waals surface area contributed by atoms with Gasteiger partial charge in [0.1, 0.15) is 0 Å². The number of rotatable bonds is 3. The van der Waals surface area contributed by atoms with Gasteiger partial charge in [-0.05, 0) is 61.5 Å². The lowest BCUT2D eigenvalue weighted by atomic mass is 9.87. The lowest BCUT2D eigenvalue weighted by Gasteiger charge is -2.36. The molecule has 1 fully saturated rings. The van der Waals surface area contributed by atoms with Crippen molar-refractivity contribution >= 4 is 11.6 Å². The molecule has 2 N–H and O–H groups in total. The highest BCUT2D eigenvalue weighted by atomic mass is 35.5. The Balaban J connectivity index is 2.01. The number of nitrogens with two attached hydrogens (primary N) is 1. The molecule has 0 aromatic heterocycles. The maximum atomic E-state index is 5.99. The molecule has 1 aliphatic rings. The summed E-state index contributed by atoms with van der Waals surface area (Å²) in [6.07, 6.45) is 1.26. The molecule has 2 nitrogen and oxygen atoms in total. The molecule has 0 spiro atoms. The minimum absolute atomic E-state index is 0.645. The normalized spacial score (nSPS) is 25.3. The molecule has 18 heavy (non-hydrogen) atoms. The van der Waals surface area contributed by atoms with E-state index in [1.165, 1.54) is 24.1 Å². The Labute approximate surface area is 115 Å². The van der Waals surface area contributed by atoms with Gasteiger partial charge < -0.3 is 5.73 Å². The van der Waals surface area contributed by atoms with Crippen molar-refractivity contribution in [1.82, 2.24) is 4.90 Å². The van der Waals surface area contributed by atoms with E-state index < -0.39 is 0 Å². The van der Waals surface area contributed by atoms with E-state index in [2.05, 4.69) is 24.8 Å². The third-order valence-corrected chi connectivity index (χ3v) is 4.43. The molecule has 100 valence electrons. The van der Waals surface area contributed by atoms with E-state index in [-0.39, 0.29) is 0 Å². The van der Waals surface area contributed by atoms with E-state index in [0.29, 0.717) is 5.92 Å². The number of hydrogen-bond donors (Lipinski definition) is 1. The molecule has 1 saturated heterocycles. The van der Waals surface area contributed by atoms with Gasteiger partial charge in [0.15, 0.2) is 0 Å². The van der Waals surface area contributed by atoms with Gasteiger partial charge in [0, 0.05) is 18.1 Å². The van der Waals surface area contributed by atoms with Crippen LogP contribution < -0.4 is 5.73 Å². The Bertz CT molecular complexity index is 405. The van der Waals surface area contributed by atoms with Crippen LogP contribution in [0.25, 0.3) is 0 Å². The summed E-state index contributed by atoms with van der Waals surface area (Å²) in [7, 11) is 0. The van der Waals surface area contributed by atoms with Crippen LogP contribution in [0.4, 0.5) is 0 Å². The van der Waals surface area contributed by atoms with Gasteiger partial charge in [0.25, 0.3) is 0 Å². The maximum absolute atomic E-state index is 5.99. The molecule has 2 unspecified atom stereocenters. The van der Waals surface area contributed by atoms with E-state index >= 15 is 0 Å². The summed E-state index contributed by atoms with van der Waals surface area (Å²) >= 11 is 5.99. The quantitative estimate of drug-likeness (QED) is 0.911. The molecular formula is C15H23ClN2. The zero-order chi connectivity index (χ0) is 13.1. The highest BCUT2D eigenvalue weighted by Gasteiger charge is 2.25. The molecular weight excluding hydrogens is 244 g/mol. The van der Waals surface area contributed by atoms with E-state index in [1.54, 1.807) is 0 Å². The van der Waals surface area contributed by atoms with Gasteiger partial charge in [-0.1, -0.05) is 24.6 Å². The van der Waals surface area contributed by atoms with E-state index in [1.807, 2.05) is 12.1 Å². The fourth-order valence-electron chi connectivity index (χ4n) is 2.75. The molecule has 0 saturated carbocycles. The van der Waals surface area contributed by atoms with Crippen LogP contribution in [0.5, 0.6) is 0 Å². The number of piperidine rings is 1. The smallest absolute Gasteiger partial charge is 0.0408 e. The lowest BCUT2D eigenvalue weighted by molar-refractivity contribution is 0.126. The summed E-state index contributed by atoms with van der Waals surface area (Å²) < 4.78 is 0. The van der Waals surface area contributed by atoms with Gasteiger partial charge in [0.2, 0.25) is 0 Å². The van der Waals surface area contributed by atoms with Crippen LogP contribution in [0, 0.1) is 18.8 Å². The lowest BCUT2D eigenvalue weighted by Crippen LogP contribution is -2.42. The van der Waals surface area contributed by atoms with Crippen LogP contribution in [0.15, 0.2) is 18.2 Å². The van der Waals surface area contributed by atoms with E-state index in [0.717, 1.165) is 30.6 Å². The zero-order valence-corrected chi connectivity index (χ0v) is 12.1. The second-order valence-electron chi connectivity index (χ2n) is 5.57. The molecule has 1 aromatic rings. The first kappa shape index (κ1) is 13.9. The molecule has 3 heteroatoms. The Hall–Kier alpha value is -0.570. The van der Waals surface area contributed by atoms with Crippen molar-refractivity contribution in [3.05, 3.63) is 34.3 Å². The molecule has 2 rings (SSSR count). The van der Waals surface area contributed by atoms with E-state index in [4.69, 9.17) is 17.3 Å². The highest BCUT2D eigenvalue weighted by Crippen LogP contribution is 2.24. The molecule has 0 aliphatic carbocycles. The molecule has 2 atom stereocenters. The predicted molar refractivity (Wildman–Crippen MR) is 77.8 cm³/mol. The van der Waals surface area contributed by atoms with Crippen molar-refractivity contribution in [2.24, 2.45) is 17.6 Å². The summed E-state index contributed by atoms with van der Waals surface area (Å²) in [6, 6.07) is 6.17.